The number of anilines is 1. The zero-order valence-corrected chi connectivity index (χ0v) is 13.5. The van der Waals surface area contributed by atoms with Crippen molar-refractivity contribution in [2.45, 2.75) is 9.96 Å². The number of phenolic OH excluding ortho intramolecular Hbond substituents is 1. The molecule has 0 saturated carbocycles. The molecule has 1 amide bonds. The number of halogens is 4. The minimum Gasteiger partial charge on any atom is -0.506 e. The van der Waals surface area contributed by atoms with Crippen molar-refractivity contribution in [1.82, 2.24) is 10.6 Å². The van der Waals surface area contributed by atoms with Crippen LogP contribution in [0.2, 0.25) is 0 Å². The third-order valence-corrected chi connectivity index (χ3v) is 3.06. The van der Waals surface area contributed by atoms with E-state index < -0.39 is 22.5 Å². The maximum Gasteiger partial charge on any atom is 0.253 e. The molecule has 0 unspecified atom stereocenters. The van der Waals surface area contributed by atoms with Crippen LogP contribution in [0.1, 0.15) is 0 Å². The monoisotopic (exact) mass is 373 g/mol. The van der Waals surface area contributed by atoms with Crippen LogP contribution in [0.25, 0.3) is 0 Å². The predicted molar refractivity (Wildman–Crippen MR) is 85.7 cm³/mol. The number of carbonyl (C=O) groups is 1. The Morgan fingerprint density at radius 2 is 1.95 bits per heavy atom. The van der Waals surface area contributed by atoms with Gasteiger partial charge in [-0.1, -0.05) is 46.9 Å². The normalized spacial score (nSPS) is 12.4. The van der Waals surface area contributed by atoms with Crippen molar-refractivity contribution in [2.75, 3.05) is 12.0 Å². The average Bonchev–Trinajstić information content (AvgIpc) is 2.39. The number of thiocarbonyl (C=S) groups is 1. The quantitative estimate of drug-likeness (QED) is 0.282. The summed E-state index contributed by atoms with van der Waals surface area (Å²) in [5.41, 5.74) is 0.315. The Kier molecular flexibility index (Phi) is 6.73. The van der Waals surface area contributed by atoms with Crippen LogP contribution in [-0.4, -0.2) is 32.8 Å². The van der Waals surface area contributed by atoms with Gasteiger partial charge in [0.1, 0.15) is 11.9 Å². The Bertz CT molecular complexity index is 528. The maximum absolute atomic E-state index is 12.2. The molecule has 0 heterocycles. The number of nitrogens with one attached hydrogen (secondary N) is 3. The van der Waals surface area contributed by atoms with Gasteiger partial charge in [-0.3, -0.25) is 4.79 Å². The molecular formula is C11H11Cl3FN3O2S. The van der Waals surface area contributed by atoms with Gasteiger partial charge >= 0.3 is 0 Å². The molecule has 0 saturated heterocycles. The second kappa shape index (κ2) is 7.84. The first kappa shape index (κ1) is 18.0. The molecule has 1 atom stereocenters. The van der Waals surface area contributed by atoms with Crippen LogP contribution in [0.4, 0.5) is 10.1 Å². The first-order valence-electron chi connectivity index (χ1n) is 5.51. The second-order valence-electron chi connectivity index (χ2n) is 3.79. The van der Waals surface area contributed by atoms with Crippen molar-refractivity contribution < 1.29 is 14.3 Å². The number of rotatable bonds is 4. The standard InChI is InChI=1S/C11H11Cl3FN3O2S/c12-11(13,14)9(17-8(20)5-15)18-10(21)16-6-3-1-2-4-7(6)19/h1-4,9,19H,5H2,(H,17,20)(H2,16,18,21)/t9-/m1/s1. The number of benzene rings is 1. The SMILES string of the molecule is O=C(CF)N[C@H](NC(=S)Nc1ccccc1O)C(Cl)(Cl)Cl. The Morgan fingerprint density at radius 1 is 1.33 bits per heavy atom. The molecular weight excluding hydrogens is 364 g/mol. The van der Waals surface area contributed by atoms with Gasteiger partial charge in [-0.15, -0.1) is 0 Å². The van der Waals surface area contributed by atoms with Gasteiger partial charge < -0.3 is 21.1 Å². The van der Waals surface area contributed by atoms with Gasteiger partial charge in [0.25, 0.3) is 5.91 Å². The topological polar surface area (TPSA) is 73.4 Å². The molecule has 21 heavy (non-hydrogen) atoms. The van der Waals surface area contributed by atoms with Crippen LogP contribution in [-0.2, 0) is 4.79 Å². The highest BCUT2D eigenvalue weighted by Gasteiger charge is 2.34. The third kappa shape index (κ3) is 6.09. The van der Waals surface area contributed by atoms with E-state index in [-0.39, 0.29) is 10.9 Å². The first-order chi connectivity index (χ1) is 9.74. The minimum absolute atomic E-state index is 0.0352. The Morgan fingerprint density at radius 3 is 2.48 bits per heavy atom. The summed E-state index contributed by atoms with van der Waals surface area (Å²) in [4.78, 5) is 11.1. The molecule has 0 fully saturated rings. The van der Waals surface area contributed by atoms with Crippen LogP contribution in [0.3, 0.4) is 0 Å². The Hall–Kier alpha value is -1.02. The fraction of sp³-hybridized carbons (Fsp3) is 0.273. The molecule has 5 nitrogen and oxygen atoms in total. The summed E-state index contributed by atoms with van der Waals surface area (Å²) in [6.07, 6.45) is -1.25. The van der Waals surface area contributed by atoms with E-state index in [0.717, 1.165) is 0 Å². The lowest BCUT2D eigenvalue weighted by molar-refractivity contribution is -0.122. The lowest BCUT2D eigenvalue weighted by atomic mass is 10.3. The van der Waals surface area contributed by atoms with Gasteiger partial charge in [0, 0.05) is 0 Å². The average molecular weight is 375 g/mol. The van der Waals surface area contributed by atoms with Crippen LogP contribution in [0, 0.1) is 0 Å². The predicted octanol–water partition coefficient (Wildman–Crippen LogP) is 2.46. The van der Waals surface area contributed by atoms with Crippen LogP contribution in [0.5, 0.6) is 5.75 Å². The van der Waals surface area contributed by atoms with Crippen molar-refractivity contribution in [3.8, 4) is 5.75 Å². The van der Waals surface area contributed by atoms with Gasteiger partial charge in [0.15, 0.2) is 11.8 Å². The van der Waals surface area contributed by atoms with Crippen molar-refractivity contribution in [3.63, 3.8) is 0 Å². The first-order valence-corrected chi connectivity index (χ1v) is 7.06. The van der Waals surface area contributed by atoms with E-state index in [1.165, 1.54) is 6.07 Å². The molecule has 10 heteroatoms. The minimum atomic E-state index is -1.96. The fourth-order valence-electron chi connectivity index (χ4n) is 1.27. The van der Waals surface area contributed by atoms with Gasteiger partial charge in [-0.2, -0.15) is 0 Å². The number of para-hydroxylation sites is 2. The van der Waals surface area contributed by atoms with Crippen molar-refractivity contribution >= 4 is 63.7 Å². The smallest absolute Gasteiger partial charge is 0.253 e. The molecule has 0 spiro atoms. The van der Waals surface area contributed by atoms with E-state index in [1.807, 2.05) is 0 Å². The number of amides is 1. The van der Waals surface area contributed by atoms with Gasteiger partial charge in [-0.05, 0) is 24.4 Å². The molecule has 1 aromatic carbocycles. The lowest BCUT2D eigenvalue weighted by Gasteiger charge is -2.27. The summed E-state index contributed by atoms with van der Waals surface area (Å²) in [5, 5.41) is 16.8. The molecule has 1 rings (SSSR count). The number of carbonyl (C=O) groups excluding carboxylic acids is 1. The molecule has 0 radical (unpaired) electrons. The molecule has 0 aliphatic heterocycles. The molecule has 0 aliphatic carbocycles. The maximum atomic E-state index is 12.2. The number of aromatic hydroxyl groups is 1. The number of alkyl halides is 4. The molecule has 4 N–H and O–H groups in total. The molecule has 0 aromatic heterocycles. The highest BCUT2D eigenvalue weighted by molar-refractivity contribution is 7.80. The van der Waals surface area contributed by atoms with E-state index in [9.17, 15) is 14.3 Å². The van der Waals surface area contributed by atoms with Gasteiger partial charge in [0.2, 0.25) is 3.79 Å². The van der Waals surface area contributed by atoms with E-state index in [0.29, 0.717) is 5.69 Å². The van der Waals surface area contributed by atoms with Crippen molar-refractivity contribution in [2.24, 2.45) is 0 Å². The fourth-order valence-corrected chi connectivity index (χ4v) is 1.82. The highest BCUT2D eigenvalue weighted by atomic mass is 35.6. The molecule has 0 bridgehead atoms. The Labute approximate surface area is 140 Å². The van der Waals surface area contributed by atoms with E-state index in [4.69, 9.17) is 47.0 Å². The summed E-state index contributed by atoms with van der Waals surface area (Å²) in [6, 6.07) is 6.31. The molecule has 1 aromatic rings. The van der Waals surface area contributed by atoms with Crippen LogP contribution in [0.15, 0.2) is 24.3 Å². The lowest BCUT2D eigenvalue weighted by Crippen LogP contribution is -2.56. The molecule has 116 valence electrons. The summed E-state index contributed by atoms with van der Waals surface area (Å²) in [7, 11) is 0. The molecule has 0 aliphatic rings. The van der Waals surface area contributed by atoms with E-state index in [2.05, 4.69) is 16.0 Å². The number of phenols is 1. The summed E-state index contributed by atoms with van der Waals surface area (Å²) in [5.74, 6) is -1.01. The van der Waals surface area contributed by atoms with Crippen molar-refractivity contribution in [3.05, 3.63) is 24.3 Å². The summed E-state index contributed by atoms with van der Waals surface area (Å²) < 4.78 is 10.3. The second-order valence-corrected chi connectivity index (χ2v) is 6.57. The number of hydrogen-bond acceptors (Lipinski definition) is 3. The zero-order chi connectivity index (χ0) is 16.0. The summed E-state index contributed by atoms with van der Waals surface area (Å²) >= 11 is 22.0. The van der Waals surface area contributed by atoms with Gasteiger partial charge in [-0.25, -0.2) is 4.39 Å². The third-order valence-electron chi connectivity index (χ3n) is 2.18. The Balaban J connectivity index is 2.73. The van der Waals surface area contributed by atoms with Crippen molar-refractivity contribution in [1.29, 1.82) is 0 Å². The van der Waals surface area contributed by atoms with Crippen LogP contribution >= 0.6 is 47.0 Å². The summed E-state index contributed by atoms with van der Waals surface area (Å²) in [6.45, 7) is -1.27. The zero-order valence-electron chi connectivity index (χ0n) is 10.4. The van der Waals surface area contributed by atoms with Gasteiger partial charge in [0.05, 0.1) is 5.69 Å². The highest BCUT2D eigenvalue weighted by Crippen LogP contribution is 2.29. The van der Waals surface area contributed by atoms with E-state index >= 15 is 0 Å². The van der Waals surface area contributed by atoms with E-state index in [1.54, 1.807) is 18.2 Å². The number of hydrogen-bond donors (Lipinski definition) is 4. The van der Waals surface area contributed by atoms with Crippen LogP contribution < -0.4 is 16.0 Å². The largest absolute Gasteiger partial charge is 0.506 e.